The first-order valence-electron chi connectivity index (χ1n) is 9.41. The number of fused-ring (bicyclic) bond motifs is 2. The topological polar surface area (TPSA) is 92.9 Å². The van der Waals surface area contributed by atoms with Crippen LogP contribution in [0.25, 0.3) is 0 Å². The normalized spacial score (nSPS) is 22.9. The molecule has 2 unspecified atom stereocenters. The second-order valence-electron chi connectivity index (χ2n) is 8.32. The standard InChI is InChI=1S/C21H21N3O4S/c1-12(25)23-15-7-5-4-6-13(15)22-14-10-21(2,3)11-16(26)19(14)20(23)17-8-9-18(29-17)24(27)28/h4-9,19-20H,10-11H2,1-3H3. The van der Waals surface area contributed by atoms with E-state index in [1.807, 2.05) is 38.1 Å². The molecule has 4 rings (SSSR count). The number of aliphatic imine (C=N–C) groups is 1. The lowest BCUT2D eigenvalue weighted by Gasteiger charge is -2.40. The molecule has 1 fully saturated rings. The van der Waals surface area contributed by atoms with Crippen LogP contribution in [0.2, 0.25) is 0 Å². The summed E-state index contributed by atoms with van der Waals surface area (Å²) in [7, 11) is 0. The Kier molecular flexibility index (Phi) is 4.61. The number of Topliss-reactive ketones (excluding diaryl/α,β-unsaturated/α-hetero) is 1. The van der Waals surface area contributed by atoms with Crippen molar-refractivity contribution in [3.63, 3.8) is 0 Å². The first-order valence-corrected chi connectivity index (χ1v) is 10.2. The maximum atomic E-state index is 13.3. The minimum absolute atomic E-state index is 0.0110. The van der Waals surface area contributed by atoms with E-state index in [0.717, 1.165) is 17.0 Å². The van der Waals surface area contributed by atoms with Crippen molar-refractivity contribution >= 4 is 45.1 Å². The van der Waals surface area contributed by atoms with Crippen LogP contribution in [0.5, 0.6) is 0 Å². The Bertz CT molecular complexity index is 1060. The zero-order valence-corrected chi connectivity index (χ0v) is 17.2. The monoisotopic (exact) mass is 411 g/mol. The molecule has 0 bridgehead atoms. The van der Waals surface area contributed by atoms with Crippen LogP contribution in [0.1, 0.15) is 44.5 Å². The van der Waals surface area contributed by atoms with Gasteiger partial charge in [-0.1, -0.05) is 37.3 Å². The van der Waals surface area contributed by atoms with Gasteiger partial charge in [0.05, 0.1) is 28.3 Å². The number of carbonyl (C=O) groups excluding carboxylic acids is 2. The van der Waals surface area contributed by atoms with E-state index in [2.05, 4.69) is 0 Å². The number of rotatable bonds is 2. The molecule has 1 aromatic carbocycles. The average molecular weight is 411 g/mol. The van der Waals surface area contributed by atoms with Gasteiger partial charge < -0.3 is 4.90 Å². The van der Waals surface area contributed by atoms with Crippen LogP contribution >= 0.6 is 11.3 Å². The Morgan fingerprint density at radius 3 is 2.62 bits per heavy atom. The number of benzene rings is 1. The van der Waals surface area contributed by atoms with Crippen LogP contribution in [0.15, 0.2) is 41.4 Å². The Hall–Kier alpha value is -2.87. The maximum absolute atomic E-state index is 13.3. The number of para-hydroxylation sites is 2. The molecule has 1 aliphatic heterocycles. The minimum atomic E-state index is -0.641. The Morgan fingerprint density at radius 2 is 1.97 bits per heavy atom. The SMILES string of the molecule is CC(=O)N1c2ccccc2N=C2CC(C)(C)CC(=O)C2C1c1ccc([N+](=O)[O-])s1. The summed E-state index contributed by atoms with van der Waals surface area (Å²) in [5, 5.41) is 11.2. The van der Waals surface area contributed by atoms with E-state index < -0.39 is 16.9 Å². The van der Waals surface area contributed by atoms with Gasteiger partial charge in [-0.05, 0) is 30.0 Å². The van der Waals surface area contributed by atoms with Crippen molar-refractivity contribution in [3.8, 4) is 0 Å². The number of nitro groups is 1. The predicted molar refractivity (Wildman–Crippen MR) is 112 cm³/mol. The summed E-state index contributed by atoms with van der Waals surface area (Å²) in [6.45, 7) is 5.52. The van der Waals surface area contributed by atoms with Crippen molar-refractivity contribution < 1.29 is 14.5 Å². The molecule has 1 saturated carbocycles. The maximum Gasteiger partial charge on any atom is 0.324 e. The predicted octanol–water partition coefficient (Wildman–Crippen LogP) is 4.84. The van der Waals surface area contributed by atoms with Crippen LogP contribution in [-0.4, -0.2) is 22.3 Å². The lowest BCUT2D eigenvalue weighted by molar-refractivity contribution is -0.380. The summed E-state index contributed by atoms with van der Waals surface area (Å²) >= 11 is 1.01. The summed E-state index contributed by atoms with van der Waals surface area (Å²) in [5.74, 6) is -0.828. The molecule has 29 heavy (non-hydrogen) atoms. The molecule has 8 heteroatoms. The third kappa shape index (κ3) is 3.37. The highest BCUT2D eigenvalue weighted by Gasteiger charge is 2.48. The fraction of sp³-hybridized carbons (Fsp3) is 0.381. The Labute approximate surface area is 172 Å². The molecule has 1 amide bonds. The van der Waals surface area contributed by atoms with Gasteiger partial charge in [-0.2, -0.15) is 0 Å². The van der Waals surface area contributed by atoms with E-state index in [1.165, 1.54) is 13.0 Å². The quantitative estimate of drug-likeness (QED) is 0.522. The fourth-order valence-electron chi connectivity index (χ4n) is 4.37. The van der Waals surface area contributed by atoms with Gasteiger partial charge in [-0.3, -0.25) is 24.7 Å². The molecule has 1 aromatic heterocycles. The number of thiophene rings is 1. The second-order valence-corrected chi connectivity index (χ2v) is 9.41. The van der Waals surface area contributed by atoms with E-state index in [-0.39, 0.29) is 22.1 Å². The largest absolute Gasteiger partial charge is 0.324 e. The highest BCUT2D eigenvalue weighted by atomic mass is 32.1. The molecule has 2 aliphatic rings. The lowest BCUT2D eigenvalue weighted by Crippen LogP contribution is -2.46. The summed E-state index contributed by atoms with van der Waals surface area (Å²) < 4.78 is 0. The molecule has 2 heterocycles. The third-order valence-corrected chi connectivity index (χ3v) is 6.55. The van der Waals surface area contributed by atoms with E-state index in [1.54, 1.807) is 11.0 Å². The van der Waals surface area contributed by atoms with Gasteiger partial charge in [0, 0.05) is 30.0 Å². The summed E-state index contributed by atoms with van der Waals surface area (Å²) in [4.78, 5) is 43.9. The van der Waals surface area contributed by atoms with E-state index in [9.17, 15) is 19.7 Å². The molecule has 2 atom stereocenters. The summed E-state index contributed by atoms with van der Waals surface area (Å²) in [6.07, 6.45) is 1.01. The van der Waals surface area contributed by atoms with Gasteiger partial charge in [0.1, 0.15) is 5.78 Å². The van der Waals surface area contributed by atoms with Crippen molar-refractivity contribution in [1.29, 1.82) is 0 Å². The zero-order valence-electron chi connectivity index (χ0n) is 16.4. The number of nitrogens with zero attached hydrogens (tertiary/aromatic N) is 3. The molecule has 0 N–H and O–H groups in total. The van der Waals surface area contributed by atoms with Gasteiger partial charge in [0.2, 0.25) is 5.91 Å². The molecule has 7 nitrogen and oxygen atoms in total. The van der Waals surface area contributed by atoms with Crippen LogP contribution in [0.3, 0.4) is 0 Å². The van der Waals surface area contributed by atoms with Gasteiger partial charge >= 0.3 is 5.00 Å². The zero-order chi connectivity index (χ0) is 20.9. The first kappa shape index (κ1) is 19.4. The van der Waals surface area contributed by atoms with E-state index in [0.29, 0.717) is 29.1 Å². The van der Waals surface area contributed by atoms with Crippen molar-refractivity contribution in [1.82, 2.24) is 0 Å². The fourth-order valence-corrected chi connectivity index (χ4v) is 5.32. The number of carbonyl (C=O) groups is 2. The molecular formula is C21H21N3O4S. The summed E-state index contributed by atoms with van der Waals surface area (Å²) in [6, 6.07) is 9.76. The third-order valence-electron chi connectivity index (χ3n) is 5.44. The van der Waals surface area contributed by atoms with Crippen LogP contribution in [-0.2, 0) is 9.59 Å². The molecule has 150 valence electrons. The highest BCUT2D eigenvalue weighted by Crippen LogP contribution is 2.49. The van der Waals surface area contributed by atoms with Gasteiger partial charge in [-0.15, -0.1) is 0 Å². The molecule has 0 saturated heterocycles. The number of amides is 1. The minimum Gasteiger partial charge on any atom is -0.301 e. The molecule has 0 spiro atoms. The Morgan fingerprint density at radius 1 is 1.24 bits per heavy atom. The van der Waals surface area contributed by atoms with E-state index in [4.69, 9.17) is 4.99 Å². The Balaban J connectivity index is 1.96. The van der Waals surface area contributed by atoms with Gasteiger partial charge in [0.15, 0.2) is 0 Å². The van der Waals surface area contributed by atoms with Crippen molar-refractivity contribution in [3.05, 3.63) is 51.4 Å². The van der Waals surface area contributed by atoms with Crippen LogP contribution < -0.4 is 4.90 Å². The summed E-state index contributed by atoms with van der Waals surface area (Å²) in [5.41, 5.74) is 1.78. The average Bonchev–Trinajstić information content (AvgIpc) is 3.05. The van der Waals surface area contributed by atoms with Crippen molar-refractivity contribution in [2.45, 2.75) is 39.7 Å². The van der Waals surface area contributed by atoms with Crippen molar-refractivity contribution in [2.75, 3.05) is 4.90 Å². The number of anilines is 1. The number of hydrogen-bond donors (Lipinski definition) is 0. The highest BCUT2D eigenvalue weighted by molar-refractivity contribution is 7.15. The number of ketones is 1. The second kappa shape index (κ2) is 6.88. The molecule has 2 aromatic rings. The van der Waals surface area contributed by atoms with Crippen molar-refractivity contribution in [2.24, 2.45) is 16.3 Å². The first-order chi connectivity index (χ1) is 13.7. The van der Waals surface area contributed by atoms with Crippen LogP contribution in [0, 0.1) is 21.4 Å². The molecule has 1 aliphatic carbocycles. The van der Waals surface area contributed by atoms with Gasteiger partial charge in [-0.25, -0.2) is 0 Å². The lowest BCUT2D eigenvalue weighted by atomic mass is 9.68. The van der Waals surface area contributed by atoms with E-state index >= 15 is 0 Å². The smallest absolute Gasteiger partial charge is 0.301 e. The number of hydrogen-bond acceptors (Lipinski definition) is 6. The van der Waals surface area contributed by atoms with Crippen LogP contribution in [0.4, 0.5) is 16.4 Å². The van der Waals surface area contributed by atoms with Gasteiger partial charge in [0.25, 0.3) is 0 Å². The molecular weight excluding hydrogens is 390 g/mol. The molecule has 0 radical (unpaired) electrons.